The van der Waals surface area contributed by atoms with E-state index >= 15 is 0 Å². The van der Waals surface area contributed by atoms with Crippen LogP contribution in [-0.4, -0.2) is 16.3 Å². The quantitative estimate of drug-likeness (QED) is 0.650. The highest BCUT2D eigenvalue weighted by Crippen LogP contribution is 2.25. The molecule has 136 valence electrons. The number of aromatic nitrogens is 1. The SMILES string of the molecule is CCCCCCCCOc1ccc(O)c(Cc2cccn(C)c2=O)c1. The molecule has 0 unspecified atom stereocenters. The highest BCUT2D eigenvalue weighted by molar-refractivity contribution is 5.41. The fourth-order valence-electron chi connectivity index (χ4n) is 2.86. The lowest BCUT2D eigenvalue weighted by Crippen LogP contribution is -2.20. The zero-order valence-corrected chi connectivity index (χ0v) is 15.3. The van der Waals surface area contributed by atoms with Crippen LogP contribution in [0.25, 0.3) is 0 Å². The Morgan fingerprint density at radius 2 is 1.80 bits per heavy atom. The average Bonchev–Trinajstić information content (AvgIpc) is 2.60. The van der Waals surface area contributed by atoms with E-state index in [4.69, 9.17) is 4.74 Å². The lowest BCUT2D eigenvalue weighted by Gasteiger charge is -2.10. The third-order valence-corrected chi connectivity index (χ3v) is 4.40. The molecule has 0 aliphatic rings. The second kappa shape index (κ2) is 9.92. The number of aromatic hydroxyl groups is 1. The van der Waals surface area contributed by atoms with Crippen LogP contribution in [0.3, 0.4) is 0 Å². The summed E-state index contributed by atoms with van der Waals surface area (Å²) in [5.74, 6) is 0.937. The summed E-state index contributed by atoms with van der Waals surface area (Å²) in [7, 11) is 1.73. The normalized spacial score (nSPS) is 10.8. The molecule has 0 aliphatic heterocycles. The molecule has 1 aromatic carbocycles. The van der Waals surface area contributed by atoms with E-state index < -0.39 is 0 Å². The summed E-state index contributed by atoms with van der Waals surface area (Å²) in [6, 6.07) is 8.88. The van der Waals surface area contributed by atoms with Crippen molar-refractivity contribution >= 4 is 0 Å². The van der Waals surface area contributed by atoms with Crippen molar-refractivity contribution in [3.8, 4) is 11.5 Å². The number of nitrogens with zero attached hydrogens (tertiary/aromatic N) is 1. The number of aryl methyl sites for hydroxylation is 1. The van der Waals surface area contributed by atoms with E-state index in [0.29, 0.717) is 24.2 Å². The Morgan fingerprint density at radius 1 is 1.04 bits per heavy atom. The molecule has 0 spiro atoms. The second-order valence-corrected chi connectivity index (χ2v) is 6.53. The summed E-state index contributed by atoms with van der Waals surface area (Å²) >= 11 is 0. The van der Waals surface area contributed by atoms with Gasteiger partial charge in [0.05, 0.1) is 6.61 Å². The summed E-state index contributed by atoms with van der Waals surface area (Å²) in [5, 5.41) is 10.1. The first kappa shape index (κ1) is 19.1. The Hall–Kier alpha value is -2.23. The van der Waals surface area contributed by atoms with E-state index in [1.165, 1.54) is 32.1 Å². The lowest BCUT2D eigenvalue weighted by molar-refractivity contribution is 0.303. The molecule has 1 aromatic heterocycles. The van der Waals surface area contributed by atoms with Crippen LogP contribution < -0.4 is 10.3 Å². The molecule has 0 saturated carbocycles. The molecule has 25 heavy (non-hydrogen) atoms. The Bertz CT molecular complexity index is 721. The molecule has 4 heteroatoms. The van der Waals surface area contributed by atoms with Crippen LogP contribution in [0.5, 0.6) is 11.5 Å². The number of unbranched alkanes of at least 4 members (excludes halogenated alkanes) is 5. The van der Waals surface area contributed by atoms with Crippen LogP contribution >= 0.6 is 0 Å². The minimum Gasteiger partial charge on any atom is -0.508 e. The molecule has 4 nitrogen and oxygen atoms in total. The molecule has 0 radical (unpaired) electrons. The molecule has 0 fully saturated rings. The predicted molar refractivity (Wildman–Crippen MR) is 101 cm³/mol. The maximum absolute atomic E-state index is 12.1. The Morgan fingerprint density at radius 3 is 2.60 bits per heavy atom. The van der Waals surface area contributed by atoms with E-state index in [9.17, 15) is 9.90 Å². The van der Waals surface area contributed by atoms with Crippen molar-refractivity contribution in [3.63, 3.8) is 0 Å². The van der Waals surface area contributed by atoms with Crippen LogP contribution in [0, 0.1) is 0 Å². The Balaban J connectivity index is 1.91. The van der Waals surface area contributed by atoms with E-state index in [-0.39, 0.29) is 11.3 Å². The van der Waals surface area contributed by atoms with Gasteiger partial charge in [0, 0.05) is 30.8 Å². The van der Waals surface area contributed by atoms with Gasteiger partial charge in [0.1, 0.15) is 11.5 Å². The smallest absolute Gasteiger partial charge is 0.253 e. The summed E-state index contributed by atoms with van der Waals surface area (Å²) in [4.78, 5) is 12.1. The minimum absolute atomic E-state index is 0.0414. The van der Waals surface area contributed by atoms with E-state index in [1.54, 1.807) is 36.0 Å². The summed E-state index contributed by atoms with van der Waals surface area (Å²) in [6.45, 7) is 2.90. The molecule has 0 amide bonds. The van der Waals surface area contributed by atoms with Crippen LogP contribution in [0.4, 0.5) is 0 Å². The van der Waals surface area contributed by atoms with Gasteiger partial charge in [-0.1, -0.05) is 45.1 Å². The molecule has 1 N–H and O–H groups in total. The first-order chi connectivity index (χ1) is 12.1. The van der Waals surface area contributed by atoms with Crippen molar-refractivity contribution in [2.24, 2.45) is 7.05 Å². The summed E-state index contributed by atoms with van der Waals surface area (Å²) < 4.78 is 7.35. The molecule has 2 rings (SSSR count). The van der Waals surface area contributed by atoms with Gasteiger partial charge in [0.25, 0.3) is 5.56 Å². The minimum atomic E-state index is -0.0414. The van der Waals surface area contributed by atoms with E-state index in [2.05, 4.69) is 6.92 Å². The van der Waals surface area contributed by atoms with Gasteiger partial charge in [-0.15, -0.1) is 0 Å². The molecule has 0 bridgehead atoms. The second-order valence-electron chi connectivity index (χ2n) is 6.53. The van der Waals surface area contributed by atoms with Crippen molar-refractivity contribution in [1.82, 2.24) is 4.57 Å². The third kappa shape index (κ3) is 5.96. The number of rotatable bonds is 10. The fourth-order valence-corrected chi connectivity index (χ4v) is 2.86. The zero-order chi connectivity index (χ0) is 18.1. The van der Waals surface area contributed by atoms with Crippen LogP contribution in [-0.2, 0) is 13.5 Å². The molecule has 0 saturated heterocycles. The molecule has 1 heterocycles. The Kier molecular flexibility index (Phi) is 7.58. The van der Waals surface area contributed by atoms with Crippen molar-refractivity contribution in [2.45, 2.75) is 51.9 Å². The van der Waals surface area contributed by atoms with E-state index in [0.717, 1.165) is 12.2 Å². The maximum Gasteiger partial charge on any atom is 0.253 e. The van der Waals surface area contributed by atoms with Crippen molar-refractivity contribution in [2.75, 3.05) is 6.61 Å². The zero-order valence-electron chi connectivity index (χ0n) is 15.3. The number of hydrogen-bond donors (Lipinski definition) is 1. The number of pyridine rings is 1. The molecule has 2 aromatic rings. The van der Waals surface area contributed by atoms with Crippen LogP contribution in [0.1, 0.15) is 56.6 Å². The highest BCUT2D eigenvalue weighted by atomic mass is 16.5. The lowest BCUT2D eigenvalue weighted by atomic mass is 10.0. The van der Waals surface area contributed by atoms with Gasteiger partial charge in [-0.2, -0.15) is 0 Å². The third-order valence-electron chi connectivity index (χ3n) is 4.40. The molecular weight excluding hydrogens is 314 g/mol. The number of benzene rings is 1. The standard InChI is InChI=1S/C21H29NO3/c1-3-4-5-6-7-8-14-25-19-11-12-20(23)18(16-19)15-17-10-9-13-22(2)21(17)24/h9-13,16,23H,3-8,14-15H2,1-2H3. The summed E-state index contributed by atoms with van der Waals surface area (Å²) in [6.07, 6.45) is 9.48. The maximum atomic E-state index is 12.1. The van der Waals surface area contributed by atoms with E-state index in [1.807, 2.05) is 12.1 Å². The van der Waals surface area contributed by atoms with Crippen LogP contribution in [0.2, 0.25) is 0 Å². The van der Waals surface area contributed by atoms with Gasteiger partial charge in [-0.25, -0.2) is 0 Å². The average molecular weight is 343 g/mol. The Labute approximate surface area is 150 Å². The predicted octanol–water partition coefficient (Wildman–Crippen LogP) is 4.42. The van der Waals surface area contributed by atoms with Gasteiger partial charge < -0.3 is 14.4 Å². The van der Waals surface area contributed by atoms with Gasteiger partial charge >= 0.3 is 0 Å². The van der Waals surface area contributed by atoms with Gasteiger partial charge in [0.2, 0.25) is 0 Å². The van der Waals surface area contributed by atoms with Crippen molar-refractivity contribution < 1.29 is 9.84 Å². The number of ether oxygens (including phenoxy) is 1. The number of phenolic OH excluding ortho intramolecular Hbond substituents is 1. The monoisotopic (exact) mass is 343 g/mol. The molecule has 0 atom stereocenters. The van der Waals surface area contributed by atoms with Crippen molar-refractivity contribution in [1.29, 1.82) is 0 Å². The molecular formula is C21H29NO3. The number of hydrogen-bond acceptors (Lipinski definition) is 3. The van der Waals surface area contributed by atoms with Crippen molar-refractivity contribution in [3.05, 3.63) is 58.0 Å². The summed E-state index contributed by atoms with van der Waals surface area (Å²) in [5.41, 5.74) is 1.33. The first-order valence-electron chi connectivity index (χ1n) is 9.21. The number of phenols is 1. The first-order valence-corrected chi connectivity index (χ1v) is 9.21. The topological polar surface area (TPSA) is 51.5 Å². The van der Waals surface area contributed by atoms with Gasteiger partial charge in [-0.3, -0.25) is 4.79 Å². The largest absolute Gasteiger partial charge is 0.508 e. The fraction of sp³-hybridized carbons (Fsp3) is 0.476. The van der Waals surface area contributed by atoms with Crippen LogP contribution in [0.15, 0.2) is 41.3 Å². The van der Waals surface area contributed by atoms with Gasteiger partial charge in [0.15, 0.2) is 0 Å². The highest BCUT2D eigenvalue weighted by Gasteiger charge is 2.08. The molecule has 0 aliphatic carbocycles. The van der Waals surface area contributed by atoms with Gasteiger partial charge in [-0.05, 0) is 30.7 Å².